The van der Waals surface area contributed by atoms with Crippen LogP contribution in [0, 0.1) is 6.92 Å². The first kappa shape index (κ1) is 18.3. The third-order valence-corrected chi connectivity index (χ3v) is 3.42. The second kappa shape index (κ2) is 7.71. The zero-order chi connectivity index (χ0) is 18.6. The van der Waals surface area contributed by atoms with Gasteiger partial charge in [0.05, 0.1) is 6.54 Å². The molecule has 0 aliphatic heterocycles. The summed E-state index contributed by atoms with van der Waals surface area (Å²) >= 11 is 0. The lowest BCUT2D eigenvalue weighted by atomic mass is 10.1. The van der Waals surface area contributed by atoms with E-state index in [0.717, 1.165) is 10.2 Å². The van der Waals surface area contributed by atoms with Crippen molar-refractivity contribution in [1.29, 1.82) is 0 Å². The van der Waals surface area contributed by atoms with Crippen LogP contribution in [0.25, 0.3) is 0 Å². The molecule has 0 atom stereocenters. The number of aryl methyl sites for hydroxylation is 2. The average Bonchev–Trinajstić information content (AvgIpc) is 2.52. The standard InChI is InChI=1S/C17H21N5O3/c1-11-5-6-12(18-15(23)10-21(2)3)9-14(11)19-17(25)13-7-8-16(24)22(4)20-13/h5-9H,10H2,1-4H3,(H,18,23)(H,19,25). The van der Waals surface area contributed by atoms with E-state index in [-0.39, 0.29) is 23.7 Å². The number of rotatable bonds is 5. The van der Waals surface area contributed by atoms with Crippen molar-refractivity contribution in [3.8, 4) is 0 Å². The van der Waals surface area contributed by atoms with Gasteiger partial charge in [0.2, 0.25) is 5.91 Å². The molecule has 1 aromatic heterocycles. The van der Waals surface area contributed by atoms with E-state index in [1.165, 1.54) is 19.2 Å². The van der Waals surface area contributed by atoms with Gasteiger partial charge in [0.15, 0.2) is 0 Å². The molecule has 2 amide bonds. The van der Waals surface area contributed by atoms with Gasteiger partial charge in [-0.15, -0.1) is 0 Å². The molecular formula is C17H21N5O3. The maximum absolute atomic E-state index is 12.3. The van der Waals surface area contributed by atoms with Crippen molar-refractivity contribution >= 4 is 23.2 Å². The van der Waals surface area contributed by atoms with Crippen molar-refractivity contribution in [1.82, 2.24) is 14.7 Å². The monoisotopic (exact) mass is 343 g/mol. The van der Waals surface area contributed by atoms with Crippen LogP contribution in [0.1, 0.15) is 16.1 Å². The van der Waals surface area contributed by atoms with E-state index in [9.17, 15) is 14.4 Å². The molecule has 0 saturated heterocycles. The first-order valence-corrected chi connectivity index (χ1v) is 7.67. The maximum atomic E-state index is 12.3. The minimum Gasteiger partial charge on any atom is -0.325 e. The molecule has 0 fully saturated rings. The smallest absolute Gasteiger partial charge is 0.276 e. The summed E-state index contributed by atoms with van der Waals surface area (Å²) in [6.07, 6.45) is 0. The molecule has 1 aromatic carbocycles. The molecule has 2 aromatic rings. The van der Waals surface area contributed by atoms with Crippen LogP contribution in [0.5, 0.6) is 0 Å². The minimum absolute atomic E-state index is 0.128. The molecule has 2 N–H and O–H groups in total. The van der Waals surface area contributed by atoms with E-state index in [1.807, 2.05) is 6.92 Å². The highest BCUT2D eigenvalue weighted by atomic mass is 16.2. The summed E-state index contributed by atoms with van der Waals surface area (Å²) in [5, 5.41) is 9.45. The molecule has 0 bridgehead atoms. The van der Waals surface area contributed by atoms with Gasteiger partial charge in [0, 0.05) is 24.5 Å². The molecule has 132 valence electrons. The van der Waals surface area contributed by atoms with Crippen LogP contribution in [-0.4, -0.2) is 47.1 Å². The number of carbonyl (C=O) groups is 2. The van der Waals surface area contributed by atoms with Gasteiger partial charge in [0.1, 0.15) is 5.69 Å². The van der Waals surface area contributed by atoms with E-state index >= 15 is 0 Å². The summed E-state index contributed by atoms with van der Waals surface area (Å²) in [7, 11) is 5.09. The van der Waals surface area contributed by atoms with Crippen molar-refractivity contribution in [3.63, 3.8) is 0 Å². The number of amides is 2. The Morgan fingerprint density at radius 3 is 2.52 bits per heavy atom. The van der Waals surface area contributed by atoms with E-state index in [2.05, 4.69) is 15.7 Å². The van der Waals surface area contributed by atoms with Gasteiger partial charge in [-0.3, -0.25) is 14.4 Å². The zero-order valence-corrected chi connectivity index (χ0v) is 14.7. The Balaban J connectivity index is 2.16. The van der Waals surface area contributed by atoms with E-state index in [4.69, 9.17) is 0 Å². The van der Waals surface area contributed by atoms with Crippen LogP contribution in [-0.2, 0) is 11.8 Å². The van der Waals surface area contributed by atoms with Crippen molar-refractivity contribution in [2.24, 2.45) is 7.05 Å². The predicted octanol–water partition coefficient (Wildman–Crippen LogP) is 0.841. The third-order valence-electron chi connectivity index (χ3n) is 3.42. The number of nitrogens with zero attached hydrogens (tertiary/aromatic N) is 3. The lowest BCUT2D eigenvalue weighted by molar-refractivity contribution is -0.116. The predicted molar refractivity (Wildman–Crippen MR) is 95.8 cm³/mol. The minimum atomic E-state index is -0.435. The quantitative estimate of drug-likeness (QED) is 0.839. The summed E-state index contributed by atoms with van der Waals surface area (Å²) in [6, 6.07) is 7.91. The molecule has 8 heteroatoms. The van der Waals surface area contributed by atoms with Gasteiger partial charge in [0.25, 0.3) is 11.5 Å². The molecule has 8 nitrogen and oxygen atoms in total. The number of aromatic nitrogens is 2. The van der Waals surface area contributed by atoms with Crippen molar-refractivity contribution in [2.75, 3.05) is 31.3 Å². The van der Waals surface area contributed by atoms with Crippen molar-refractivity contribution < 1.29 is 9.59 Å². The SMILES string of the molecule is Cc1ccc(NC(=O)CN(C)C)cc1NC(=O)c1ccc(=O)n(C)n1. The largest absolute Gasteiger partial charge is 0.325 e. The Labute approximate surface area is 145 Å². The molecule has 2 rings (SSSR count). The number of benzene rings is 1. The fraction of sp³-hybridized carbons (Fsp3) is 0.294. The van der Waals surface area contributed by atoms with Crippen molar-refractivity contribution in [2.45, 2.75) is 6.92 Å². The summed E-state index contributed by atoms with van der Waals surface area (Å²) in [4.78, 5) is 37.3. The molecule has 25 heavy (non-hydrogen) atoms. The second-order valence-corrected chi connectivity index (χ2v) is 5.95. The number of nitrogens with one attached hydrogen (secondary N) is 2. The topological polar surface area (TPSA) is 96.3 Å². The van der Waals surface area contributed by atoms with Gasteiger partial charge in [-0.2, -0.15) is 5.10 Å². The molecule has 0 aliphatic rings. The summed E-state index contributed by atoms with van der Waals surface area (Å²) in [6.45, 7) is 2.10. The van der Waals surface area contributed by atoms with Crippen LogP contribution >= 0.6 is 0 Å². The Kier molecular flexibility index (Phi) is 5.66. The van der Waals surface area contributed by atoms with E-state index in [1.54, 1.807) is 37.2 Å². The molecule has 1 heterocycles. The van der Waals surface area contributed by atoms with E-state index < -0.39 is 5.91 Å². The van der Waals surface area contributed by atoms with Crippen LogP contribution in [0.3, 0.4) is 0 Å². The van der Waals surface area contributed by atoms with Gasteiger partial charge >= 0.3 is 0 Å². The second-order valence-electron chi connectivity index (χ2n) is 5.95. The van der Waals surface area contributed by atoms with Crippen LogP contribution < -0.4 is 16.2 Å². The highest BCUT2D eigenvalue weighted by molar-refractivity contribution is 6.03. The van der Waals surface area contributed by atoms with E-state index in [0.29, 0.717) is 11.4 Å². The highest BCUT2D eigenvalue weighted by Gasteiger charge is 2.12. The number of anilines is 2. The Morgan fingerprint density at radius 1 is 1.16 bits per heavy atom. The lowest BCUT2D eigenvalue weighted by Crippen LogP contribution is -2.27. The first-order chi connectivity index (χ1) is 11.8. The number of hydrogen-bond acceptors (Lipinski definition) is 5. The fourth-order valence-electron chi connectivity index (χ4n) is 2.13. The Bertz CT molecular complexity index is 858. The fourth-order valence-corrected chi connectivity index (χ4v) is 2.13. The molecule has 0 unspecified atom stereocenters. The zero-order valence-electron chi connectivity index (χ0n) is 14.7. The first-order valence-electron chi connectivity index (χ1n) is 7.67. The van der Waals surface area contributed by atoms with Crippen molar-refractivity contribution in [3.05, 3.63) is 51.9 Å². The van der Waals surface area contributed by atoms with Gasteiger partial charge in [-0.05, 0) is 44.8 Å². The highest BCUT2D eigenvalue weighted by Crippen LogP contribution is 2.20. The average molecular weight is 343 g/mol. The third kappa shape index (κ3) is 4.98. The van der Waals surface area contributed by atoms with Gasteiger partial charge < -0.3 is 15.5 Å². The summed E-state index contributed by atoms with van der Waals surface area (Å²) in [5.74, 6) is -0.582. The lowest BCUT2D eigenvalue weighted by Gasteiger charge is -2.13. The summed E-state index contributed by atoms with van der Waals surface area (Å²) in [5.41, 5.74) is 1.81. The number of carbonyl (C=O) groups excluding carboxylic acids is 2. The van der Waals surface area contributed by atoms with Crippen LogP contribution in [0.2, 0.25) is 0 Å². The molecule has 0 radical (unpaired) electrons. The van der Waals surface area contributed by atoms with Gasteiger partial charge in [-0.1, -0.05) is 6.07 Å². The molecule has 0 aliphatic carbocycles. The van der Waals surface area contributed by atoms with Crippen LogP contribution in [0.4, 0.5) is 11.4 Å². The number of hydrogen-bond donors (Lipinski definition) is 2. The normalized spacial score (nSPS) is 10.6. The Morgan fingerprint density at radius 2 is 1.88 bits per heavy atom. The molecule has 0 spiro atoms. The molecular weight excluding hydrogens is 322 g/mol. The van der Waals surface area contributed by atoms with Gasteiger partial charge in [-0.25, -0.2) is 4.68 Å². The number of likely N-dealkylation sites (N-methyl/N-ethyl adjacent to an activating group) is 1. The Hall–Kier alpha value is -3.00. The maximum Gasteiger partial charge on any atom is 0.276 e. The molecule has 0 saturated carbocycles. The van der Waals surface area contributed by atoms with Crippen LogP contribution in [0.15, 0.2) is 35.1 Å². The summed E-state index contributed by atoms with van der Waals surface area (Å²) < 4.78 is 1.10.